The van der Waals surface area contributed by atoms with Crippen LogP contribution >= 0.6 is 11.6 Å². The van der Waals surface area contributed by atoms with Crippen molar-refractivity contribution in [2.45, 2.75) is 19.9 Å². The van der Waals surface area contributed by atoms with Crippen LogP contribution in [-0.4, -0.2) is 35.3 Å². The summed E-state index contributed by atoms with van der Waals surface area (Å²) >= 11 is 6.15. The van der Waals surface area contributed by atoms with E-state index in [0.717, 1.165) is 30.2 Å². The predicted octanol–water partition coefficient (Wildman–Crippen LogP) is 3.00. The lowest BCUT2D eigenvalue weighted by molar-refractivity contribution is -0.121. The molecule has 1 atom stereocenters. The minimum Gasteiger partial charge on any atom is -0.371 e. The highest BCUT2D eigenvalue weighted by Gasteiger charge is 2.24. The molecule has 1 aromatic heterocycles. The van der Waals surface area contributed by atoms with Gasteiger partial charge in [0.1, 0.15) is 6.54 Å². The molecule has 1 amide bonds. The van der Waals surface area contributed by atoms with Crippen LogP contribution in [0, 0.1) is 12.8 Å². The zero-order valence-electron chi connectivity index (χ0n) is 16.3. The molecule has 1 unspecified atom stereocenters. The van der Waals surface area contributed by atoms with Crippen LogP contribution in [0.25, 0.3) is 10.9 Å². The first-order valence-corrected chi connectivity index (χ1v) is 10.1. The highest BCUT2D eigenvalue weighted by atomic mass is 35.5. The fraction of sp³-hybridized carbons (Fsp3) is 0.318. The summed E-state index contributed by atoms with van der Waals surface area (Å²) in [6.07, 6.45) is 2.28. The number of para-hydroxylation sites is 1. The Labute approximate surface area is 174 Å². The molecule has 1 fully saturated rings. The van der Waals surface area contributed by atoms with Gasteiger partial charge in [0.25, 0.3) is 0 Å². The first-order chi connectivity index (χ1) is 14.0. The number of nitrogens with zero attached hydrogens (tertiary/aromatic N) is 3. The number of carbonyl (C=O) groups is 1. The molecule has 0 spiro atoms. The third-order valence-corrected chi connectivity index (χ3v) is 5.68. The number of carbonyl (C=O) groups excluding carboxylic acids is 1. The number of anilines is 1. The van der Waals surface area contributed by atoms with Gasteiger partial charge in [-0.2, -0.15) is 5.10 Å². The Balaban J connectivity index is 1.36. The number of rotatable bonds is 5. The van der Waals surface area contributed by atoms with Gasteiger partial charge in [-0.3, -0.25) is 14.3 Å². The Bertz CT molecular complexity index is 1110. The Hall–Kier alpha value is -2.86. The van der Waals surface area contributed by atoms with Gasteiger partial charge in [0, 0.05) is 35.7 Å². The lowest BCUT2D eigenvalue weighted by atomic mass is 10.1. The number of halogens is 1. The quantitative estimate of drug-likeness (QED) is 0.702. The van der Waals surface area contributed by atoms with Crippen molar-refractivity contribution in [3.05, 3.63) is 69.5 Å². The second-order valence-corrected chi connectivity index (χ2v) is 7.96. The zero-order chi connectivity index (χ0) is 20.4. The number of hydrogen-bond acceptors (Lipinski definition) is 4. The van der Waals surface area contributed by atoms with Crippen LogP contribution in [0.3, 0.4) is 0 Å². The average Bonchev–Trinajstić information content (AvgIpc) is 3.19. The van der Waals surface area contributed by atoms with E-state index in [1.165, 1.54) is 11.8 Å². The summed E-state index contributed by atoms with van der Waals surface area (Å²) < 4.78 is 1.57. The molecule has 3 aromatic rings. The largest absolute Gasteiger partial charge is 0.371 e. The smallest absolute Gasteiger partial charge is 0.241 e. The van der Waals surface area contributed by atoms with E-state index < -0.39 is 0 Å². The van der Waals surface area contributed by atoms with Gasteiger partial charge in [-0.1, -0.05) is 29.8 Å². The van der Waals surface area contributed by atoms with E-state index in [9.17, 15) is 9.59 Å². The van der Waals surface area contributed by atoms with Crippen LogP contribution in [0.2, 0.25) is 5.02 Å². The topological polar surface area (TPSA) is 67.2 Å². The Morgan fingerprint density at radius 2 is 2.10 bits per heavy atom. The van der Waals surface area contributed by atoms with Crippen molar-refractivity contribution in [1.82, 2.24) is 15.1 Å². The number of amides is 1. The third kappa shape index (κ3) is 4.27. The SMILES string of the molecule is Cc1ccc(Cl)cc1N1CCC(CNC(=O)Cn2ncc(=O)c3ccccc32)C1. The van der Waals surface area contributed by atoms with Crippen LogP contribution in [0.15, 0.2) is 53.5 Å². The molecule has 29 heavy (non-hydrogen) atoms. The Morgan fingerprint density at radius 1 is 1.28 bits per heavy atom. The number of aromatic nitrogens is 2. The normalized spacial score (nSPS) is 16.3. The van der Waals surface area contributed by atoms with E-state index in [2.05, 4.69) is 22.2 Å². The molecule has 150 valence electrons. The molecule has 2 heterocycles. The molecule has 0 bridgehead atoms. The van der Waals surface area contributed by atoms with Crippen molar-refractivity contribution in [3.8, 4) is 0 Å². The van der Waals surface area contributed by atoms with E-state index in [0.29, 0.717) is 23.4 Å². The molecule has 7 heteroatoms. The standard InChI is InChI=1S/C22H23ClN4O2/c1-15-6-7-17(23)10-20(15)26-9-8-16(13-26)11-24-22(29)14-27-19-5-3-2-4-18(19)21(28)12-25-27/h2-7,10,12,16H,8-9,11,13-14H2,1H3,(H,24,29). The zero-order valence-corrected chi connectivity index (χ0v) is 17.0. The van der Waals surface area contributed by atoms with Crippen LogP contribution in [0.1, 0.15) is 12.0 Å². The maximum absolute atomic E-state index is 12.5. The average molecular weight is 411 g/mol. The molecule has 2 aromatic carbocycles. The number of nitrogens with one attached hydrogen (secondary N) is 1. The van der Waals surface area contributed by atoms with Gasteiger partial charge in [-0.15, -0.1) is 0 Å². The molecule has 0 radical (unpaired) electrons. The van der Waals surface area contributed by atoms with E-state index in [-0.39, 0.29) is 17.9 Å². The second-order valence-electron chi connectivity index (χ2n) is 7.52. The number of benzene rings is 2. The van der Waals surface area contributed by atoms with Crippen molar-refractivity contribution in [1.29, 1.82) is 0 Å². The van der Waals surface area contributed by atoms with Crippen molar-refractivity contribution >= 4 is 34.1 Å². The Kier molecular flexibility index (Phi) is 5.53. The summed E-state index contributed by atoms with van der Waals surface area (Å²) in [5.74, 6) is 0.278. The summed E-state index contributed by atoms with van der Waals surface area (Å²) in [6, 6.07) is 13.1. The van der Waals surface area contributed by atoms with Gasteiger partial charge in [0.15, 0.2) is 0 Å². The highest BCUT2D eigenvalue weighted by Crippen LogP contribution is 2.29. The van der Waals surface area contributed by atoms with Gasteiger partial charge in [-0.05, 0) is 49.1 Å². The van der Waals surface area contributed by atoms with Gasteiger partial charge >= 0.3 is 0 Å². The highest BCUT2D eigenvalue weighted by molar-refractivity contribution is 6.30. The first-order valence-electron chi connectivity index (χ1n) is 9.74. The Morgan fingerprint density at radius 3 is 2.97 bits per heavy atom. The van der Waals surface area contributed by atoms with E-state index in [1.54, 1.807) is 16.8 Å². The van der Waals surface area contributed by atoms with Gasteiger partial charge in [0.05, 0.1) is 11.7 Å². The van der Waals surface area contributed by atoms with E-state index >= 15 is 0 Å². The molecular weight excluding hydrogens is 388 g/mol. The molecule has 1 N–H and O–H groups in total. The van der Waals surface area contributed by atoms with Crippen molar-refractivity contribution in [2.24, 2.45) is 5.92 Å². The molecule has 4 rings (SSSR count). The predicted molar refractivity (Wildman–Crippen MR) is 116 cm³/mol. The number of fused-ring (bicyclic) bond motifs is 1. The molecule has 1 aliphatic rings. The van der Waals surface area contributed by atoms with E-state index in [4.69, 9.17) is 11.6 Å². The van der Waals surface area contributed by atoms with Crippen molar-refractivity contribution in [2.75, 3.05) is 24.5 Å². The lowest BCUT2D eigenvalue weighted by Crippen LogP contribution is -2.34. The maximum Gasteiger partial charge on any atom is 0.241 e. The maximum atomic E-state index is 12.5. The number of aryl methyl sites for hydroxylation is 1. The molecule has 1 aliphatic heterocycles. The molecule has 1 saturated heterocycles. The molecular formula is C22H23ClN4O2. The molecule has 0 aliphatic carbocycles. The van der Waals surface area contributed by atoms with Crippen LogP contribution in [0.4, 0.5) is 5.69 Å². The lowest BCUT2D eigenvalue weighted by Gasteiger charge is -2.21. The summed E-state index contributed by atoms with van der Waals surface area (Å²) in [4.78, 5) is 26.7. The fourth-order valence-electron chi connectivity index (χ4n) is 3.88. The van der Waals surface area contributed by atoms with Crippen LogP contribution in [-0.2, 0) is 11.3 Å². The monoisotopic (exact) mass is 410 g/mol. The third-order valence-electron chi connectivity index (χ3n) is 5.44. The van der Waals surface area contributed by atoms with Crippen molar-refractivity contribution in [3.63, 3.8) is 0 Å². The second kappa shape index (κ2) is 8.25. The minimum absolute atomic E-state index is 0.0879. The minimum atomic E-state index is -0.139. The summed E-state index contributed by atoms with van der Waals surface area (Å²) in [5.41, 5.74) is 2.89. The first kappa shape index (κ1) is 19.5. The van der Waals surface area contributed by atoms with Gasteiger partial charge < -0.3 is 10.2 Å². The van der Waals surface area contributed by atoms with Crippen LogP contribution < -0.4 is 15.6 Å². The van der Waals surface area contributed by atoms with Crippen LogP contribution in [0.5, 0.6) is 0 Å². The van der Waals surface area contributed by atoms with Crippen molar-refractivity contribution < 1.29 is 4.79 Å². The van der Waals surface area contributed by atoms with Gasteiger partial charge in [0.2, 0.25) is 11.3 Å². The molecule has 6 nitrogen and oxygen atoms in total. The summed E-state index contributed by atoms with van der Waals surface area (Å²) in [5, 5.41) is 8.45. The number of hydrogen-bond donors (Lipinski definition) is 1. The molecule has 0 saturated carbocycles. The summed E-state index contributed by atoms with van der Waals surface area (Å²) in [7, 11) is 0. The fourth-order valence-corrected chi connectivity index (χ4v) is 4.04. The van der Waals surface area contributed by atoms with Gasteiger partial charge in [-0.25, -0.2) is 0 Å². The summed E-state index contributed by atoms with van der Waals surface area (Å²) in [6.45, 7) is 4.63. The van der Waals surface area contributed by atoms with E-state index in [1.807, 2.05) is 30.3 Å².